The van der Waals surface area contributed by atoms with E-state index in [-0.39, 0.29) is 22.0 Å². The van der Waals surface area contributed by atoms with Crippen LogP contribution in [0.5, 0.6) is 0 Å². The molecule has 1 fully saturated rings. The lowest BCUT2D eigenvalue weighted by molar-refractivity contribution is -0.123. The fourth-order valence-corrected chi connectivity index (χ4v) is 3.94. The summed E-state index contributed by atoms with van der Waals surface area (Å²) in [6, 6.07) is 16.5. The average molecular weight is 439 g/mol. The Hall–Kier alpha value is -3.34. The highest BCUT2D eigenvalue weighted by Crippen LogP contribution is 2.35. The lowest BCUT2D eigenvalue weighted by Gasteiger charge is -2.14. The normalized spacial score (nSPS) is 15.1. The van der Waals surface area contributed by atoms with Crippen LogP contribution in [-0.2, 0) is 11.3 Å². The number of imide groups is 1. The summed E-state index contributed by atoms with van der Waals surface area (Å²) in [6.07, 6.45) is 1.47. The van der Waals surface area contributed by atoms with Crippen molar-refractivity contribution in [2.75, 3.05) is 0 Å². The number of benzene rings is 2. The molecule has 2 amide bonds. The molecule has 4 rings (SSSR count). The van der Waals surface area contributed by atoms with E-state index < -0.39 is 17.0 Å². The van der Waals surface area contributed by atoms with Gasteiger partial charge in [-0.25, -0.2) is 4.39 Å². The lowest BCUT2D eigenvalue weighted by atomic mass is 10.1. The molecule has 0 aliphatic carbocycles. The van der Waals surface area contributed by atoms with Gasteiger partial charge in [0.2, 0.25) is 0 Å². The third-order valence-corrected chi connectivity index (χ3v) is 5.71. The van der Waals surface area contributed by atoms with Gasteiger partial charge in [0.05, 0.1) is 23.1 Å². The first kappa shape index (κ1) is 20.0. The van der Waals surface area contributed by atoms with Crippen LogP contribution >= 0.6 is 23.4 Å². The molecule has 3 aromatic rings. The number of nitriles is 1. The number of halogens is 2. The van der Waals surface area contributed by atoms with Crippen LogP contribution < -0.4 is 0 Å². The Labute approximate surface area is 180 Å². The number of hydrogen-bond donors (Lipinski definition) is 0. The maximum absolute atomic E-state index is 14.0. The van der Waals surface area contributed by atoms with Gasteiger partial charge in [-0.2, -0.15) is 5.26 Å². The Morgan fingerprint density at radius 3 is 2.60 bits per heavy atom. The molecule has 0 unspecified atom stereocenters. The minimum absolute atomic E-state index is 0.0869. The zero-order valence-electron chi connectivity index (χ0n) is 15.3. The summed E-state index contributed by atoms with van der Waals surface area (Å²) in [6.45, 7) is -0.248. The summed E-state index contributed by atoms with van der Waals surface area (Å²) < 4.78 is 19.8. The molecule has 8 heteroatoms. The SMILES string of the molecule is N#Cc1ccc(-c2ccc(/C=C3/SC(=O)N(Cc4c(F)cccc4Cl)C3=O)o2)cc1. The first-order valence-corrected chi connectivity index (χ1v) is 9.94. The molecule has 0 atom stereocenters. The minimum atomic E-state index is -0.580. The number of hydrogen-bond acceptors (Lipinski definition) is 5. The number of carbonyl (C=O) groups excluding carboxylic acids is 2. The second-order valence-electron chi connectivity index (χ2n) is 6.36. The first-order chi connectivity index (χ1) is 14.5. The monoisotopic (exact) mass is 438 g/mol. The van der Waals surface area contributed by atoms with Gasteiger partial charge >= 0.3 is 0 Å². The molecule has 1 aliphatic rings. The molecule has 0 N–H and O–H groups in total. The highest BCUT2D eigenvalue weighted by molar-refractivity contribution is 8.18. The summed E-state index contributed by atoms with van der Waals surface area (Å²) in [5.74, 6) is -0.170. The van der Waals surface area contributed by atoms with E-state index in [0.717, 1.165) is 22.2 Å². The van der Waals surface area contributed by atoms with Crippen molar-refractivity contribution < 1.29 is 18.4 Å². The highest BCUT2D eigenvalue weighted by atomic mass is 35.5. The molecular weight excluding hydrogens is 427 g/mol. The number of nitrogens with zero attached hydrogens (tertiary/aromatic N) is 2. The standard InChI is InChI=1S/C22H12ClFN2O3S/c23-17-2-1-3-18(24)16(17)12-26-21(27)20(30-22(26)28)10-15-8-9-19(29-15)14-6-4-13(11-25)5-7-14/h1-10H,12H2/b20-10+. The Morgan fingerprint density at radius 2 is 1.90 bits per heavy atom. The van der Waals surface area contributed by atoms with Crippen molar-refractivity contribution in [1.82, 2.24) is 4.90 Å². The van der Waals surface area contributed by atoms with Gasteiger partial charge in [0.1, 0.15) is 17.3 Å². The van der Waals surface area contributed by atoms with Gasteiger partial charge in [0, 0.05) is 22.2 Å². The number of furan rings is 1. The summed E-state index contributed by atoms with van der Waals surface area (Å²) >= 11 is 6.76. The van der Waals surface area contributed by atoms with Gasteiger partial charge in [0.15, 0.2) is 0 Å². The Bertz CT molecular complexity index is 1210. The predicted octanol–water partition coefficient (Wildman–Crippen LogP) is 5.85. The fourth-order valence-electron chi connectivity index (χ4n) is 2.90. The molecule has 0 spiro atoms. The molecule has 30 heavy (non-hydrogen) atoms. The Morgan fingerprint density at radius 1 is 1.13 bits per heavy atom. The Balaban J connectivity index is 1.55. The van der Waals surface area contributed by atoms with E-state index >= 15 is 0 Å². The fraction of sp³-hybridized carbons (Fsp3) is 0.0455. The van der Waals surface area contributed by atoms with Gasteiger partial charge in [0.25, 0.3) is 11.1 Å². The molecule has 0 radical (unpaired) electrons. The van der Waals surface area contributed by atoms with Crippen molar-refractivity contribution in [1.29, 1.82) is 5.26 Å². The van der Waals surface area contributed by atoms with Crippen molar-refractivity contribution in [3.05, 3.63) is 87.2 Å². The van der Waals surface area contributed by atoms with Crippen LogP contribution in [0.1, 0.15) is 16.9 Å². The number of carbonyl (C=O) groups is 2. The quantitative estimate of drug-likeness (QED) is 0.478. The molecule has 2 heterocycles. The maximum atomic E-state index is 14.0. The largest absolute Gasteiger partial charge is 0.457 e. The molecule has 5 nitrogen and oxygen atoms in total. The minimum Gasteiger partial charge on any atom is -0.457 e. The Kier molecular flexibility index (Phi) is 5.44. The second-order valence-corrected chi connectivity index (χ2v) is 7.76. The van der Waals surface area contributed by atoms with Crippen LogP contribution in [0.25, 0.3) is 17.4 Å². The van der Waals surface area contributed by atoms with Crippen LogP contribution in [0.2, 0.25) is 5.02 Å². The van der Waals surface area contributed by atoms with Crippen molar-refractivity contribution in [2.45, 2.75) is 6.54 Å². The first-order valence-electron chi connectivity index (χ1n) is 8.75. The summed E-state index contributed by atoms with van der Waals surface area (Å²) in [7, 11) is 0. The van der Waals surface area contributed by atoms with E-state index in [4.69, 9.17) is 21.3 Å². The average Bonchev–Trinajstić information content (AvgIpc) is 3.30. The van der Waals surface area contributed by atoms with E-state index in [1.807, 2.05) is 6.07 Å². The van der Waals surface area contributed by atoms with Crippen molar-refractivity contribution in [3.8, 4) is 17.4 Å². The van der Waals surface area contributed by atoms with E-state index in [0.29, 0.717) is 17.1 Å². The topological polar surface area (TPSA) is 74.3 Å². The summed E-state index contributed by atoms with van der Waals surface area (Å²) in [5, 5.41) is 8.52. The third-order valence-electron chi connectivity index (χ3n) is 4.45. The zero-order chi connectivity index (χ0) is 21.3. The molecule has 0 saturated carbocycles. The molecule has 1 saturated heterocycles. The van der Waals surface area contributed by atoms with E-state index in [1.54, 1.807) is 36.4 Å². The lowest BCUT2D eigenvalue weighted by Crippen LogP contribution is -2.28. The van der Waals surface area contributed by atoms with Gasteiger partial charge < -0.3 is 4.42 Å². The van der Waals surface area contributed by atoms with Crippen LogP contribution in [0.4, 0.5) is 9.18 Å². The van der Waals surface area contributed by atoms with Crippen molar-refractivity contribution in [3.63, 3.8) is 0 Å². The smallest absolute Gasteiger partial charge is 0.293 e. The van der Waals surface area contributed by atoms with E-state index in [9.17, 15) is 14.0 Å². The second kappa shape index (κ2) is 8.19. The summed E-state index contributed by atoms with van der Waals surface area (Å²) in [5.41, 5.74) is 1.40. The van der Waals surface area contributed by atoms with Gasteiger partial charge in [-0.1, -0.05) is 17.7 Å². The third kappa shape index (κ3) is 3.88. The van der Waals surface area contributed by atoms with Crippen LogP contribution in [0, 0.1) is 17.1 Å². The van der Waals surface area contributed by atoms with Gasteiger partial charge in [-0.05, 0) is 60.3 Å². The number of amides is 2. The van der Waals surface area contributed by atoms with Crippen molar-refractivity contribution in [2.24, 2.45) is 0 Å². The zero-order valence-corrected chi connectivity index (χ0v) is 16.8. The number of thioether (sulfide) groups is 1. The predicted molar refractivity (Wildman–Crippen MR) is 112 cm³/mol. The molecule has 1 aliphatic heterocycles. The van der Waals surface area contributed by atoms with Gasteiger partial charge in [-0.3, -0.25) is 14.5 Å². The van der Waals surface area contributed by atoms with Crippen molar-refractivity contribution >= 4 is 40.6 Å². The molecule has 0 bridgehead atoms. The molecular formula is C22H12ClFN2O3S. The molecule has 148 valence electrons. The van der Waals surface area contributed by atoms with E-state index in [2.05, 4.69) is 0 Å². The highest BCUT2D eigenvalue weighted by Gasteiger charge is 2.36. The molecule has 1 aromatic heterocycles. The van der Waals surface area contributed by atoms with Crippen LogP contribution in [-0.4, -0.2) is 16.0 Å². The van der Waals surface area contributed by atoms with Gasteiger partial charge in [-0.15, -0.1) is 0 Å². The van der Waals surface area contributed by atoms with Crippen LogP contribution in [0.3, 0.4) is 0 Å². The maximum Gasteiger partial charge on any atom is 0.293 e. The summed E-state index contributed by atoms with van der Waals surface area (Å²) in [4.78, 5) is 26.1. The number of rotatable bonds is 4. The van der Waals surface area contributed by atoms with Crippen LogP contribution in [0.15, 0.2) is 63.9 Å². The van der Waals surface area contributed by atoms with E-state index in [1.165, 1.54) is 24.3 Å². The molecule has 2 aromatic carbocycles.